The molecule has 1 aliphatic heterocycles. The Morgan fingerprint density at radius 1 is 0.925 bits per heavy atom. The molecule has 8 heteroatoms. The molecule has 0 amide bonds. The molecule has 1 aliphatic rings. The van der Waals surface area contributed by atoms with E-state index in [1.54, 1.807) is 13.1 Å². The van der Waals surface area contributed by atoms with Crippen molar-refractivity contribution in [1.29, 1.82) is 0 Å². The van der Waals surface area contributed by atoms with Crippen LogP contribution in [-0.4, -0.2) is 45.5 Å². The summed E-state index contributed by atoms with van der Waals surface area (Å²) in [5.41, 5.74) is -0.323. The molecule has 0 spiro atoms. The maximum absolute atomic E-state index is 12.8. The number of nitrogens with one attached hydrogen (secondary N) is 1. The number of aryl methyl sites for hydroxylation is 1. The normalized spacial score (nSPS) is 19.6. The van der Waals surface area contributed by atoms with Crippen LogP contribution >= 0.6 is 0 Å². The molecule has 1 saturated heterocycles. The van der Waals surface area contributed by atoms with Gasteiger partial charge in [0.05, 0.1) is 0 Å². The molecular formula is C32H36N2O4SeSi. The number of hydrogen-bond donors (Lipinski definition) is 1. The molecule has 2 heterocycles. The van der Waals surface area contributed by atoms with E-state index in [1.807, 2.05) is 18.2 Å². The topological polar surface area (TPSA) is 73.3 Å². The van der Waals surface area contributed by atoms with Crippen LogP contribution in [0.5, 0.6) is 0 Å². The molecule has 208 valence electrons. The third kappa shape index (κ3) is 5.73. The monoisotopic (exact) mass is 620 g/mol. The van der Waals surface area contributed by atoms with Crippen LogP contribution in [-0.2, 0) is 9.16 Å². The van der Waals surface area contributed by atoms with Gasteiger partial charge in [-0.15, -0.1) is 0 Å². The van der Waals surface area contributed by atoms with Crippen molar-refractivity contribution in [3.8, 4) is 0 Å². The van der Waals surface area contributed by atoms with Crippen molar-refractivity contribution in [3.05, 3.63) is 124 Å². The van der Waals surface area contributed by atoms with Crippen LogP contribution in [0.4, 0.5) is 0 Å². The van der Waals surface area contributed by atoms with Crippen LogP contribution in [0, 0.1) is 6.92 Å². The van der Waals surface area contributed by atoms with Crippen LogP contribution in [0.2, 0.25) is 9.85 Å². The summed E-state index contributed by atoms with van der Waals surface area (Å²) >= 11 is 0.107. The summed E-state index contributed by atoms with van der Waals surface area (Å²) in [6, 6.07) is 31.7. The van der Waals surface area contributed by atoms with Crippen LogP contribution in [0.3, 0.4) is 0 Å². The number of nitrogens with zero attached hydrogens (tertiary/aromatic N) is 1. The second-order valence-electron chi connectivity index (χ2n) is 11.3. The van der Waals surface area contributed by atoms with Crippen molar-refractivity contribution < 1.29 is 9.16 Å². The fourth-order valence-corrected chi connectivity index (χ4v) is 12.7. The van der Waals surface area contributed by atoms with Crippen LogP contribution < -0.4 is 26.1 Å². The molecule has 1 fully saturated rings. The number of ether oxygens (including phenoxy) is 1. The van der Waals surface area contributed by atoms with Crippen molar-refractivity contribution >= 4 is 38.1 Å². The van der Waals surface area contributed by atoms with Gasteiger partial charge in [-0.3, -0.25) is 0 Å². The van der Waals surface area contributed by atoms with Gasteiger partial charge in [0, 0.05) is 0 Å². The Kier molecular flexibility index (Phi) is 8.45. The van der Waals surface area contributed by atoms with Gasteiger partial charge in [0.25, 0.3) is 0 Å². The van der Waals surface area contributed by atoms with E-state index in [9.17, 15) is 9.59 Å². The predicted octanol–water partition coefficient (Wildman–Crippen LogP) is 3.53. The molecule has 0 unspecified atom stereocenters. The number of aromatic amines is 1. The number of rotatable bonds is 8. The van der Waals surface area contributed by atoms with Gasteiger partial charge in [-0.2, -0.15) is 0 Å². The molecule has 40 heavy (non-hydrogen) atoms. The zero-order valence-corrected chi connectivity index (χ0v) is 26.1. The Balaban J connectivity index is 1.52. The quantitative estimate of drug-likeness (QED) is 0.307. The number of hydrogen-bond acceptors (Lipinski definition) is 4. The fourth-order valence-electron chi connectivity index (χ4n) is 5.59. The maximum atomic E-state index is 12.8. The van der Waals surface area contributed by atoms with Gasteiger partial charge in [0.2, 0.25) is 0 Å². The third-order valence-electron chi connectivity index (χ3n) is 7.55. The van der Waals surface area contributed by atoms with E-state index in [2.05, 4.69) is 98.6 Å². The molecule has 1 N–H and O–H groups in total. The van der Waals surface area contributed by atoms with Gasteiger partial charge in [0.15, 0.2) is 0 Å². The van der Waals surface area contributed by atoms with Crippen molar-refractivity contribution in [2.75, 3.05) is 6.61 Å². The summed E-state index contributed by atoms with van der Waals surface area (Å²) < 4.78 is 16.7. The summed E-state index contributed by atoms with van der Waals surface area (Å²) in [5.74, 6) is 0. The van der Waals surface area contributed by atoms with Gasteiger partial charge in [0.1, 0.15) is 0 Å². The molecule has 0 bridgehead atoms. The molecule has 4 aromatic rings. The SMILES string of the molecule is Cc1cn([C@H]2C[C@H]([Se]c3ccccc3)[C@@H](CO[Si](c3ccccc3)(c3ccccc3)C(C)(C)C)O2)c(=O)[nH]c1=O. The summed E-state index contributed by atoms with van der Waals surface area (Å²) in [4.78, 5) is 27.4. The van der Waals surface area contributed by atoms with Crippen molar-refractivity contribution in [3.63, 3.8) is 0 Å². The van der Waals surface area contributed by atoms with Crippen molar-refractivity contribution in [2.24, 2.45) is 0 Å². The van der Waals surface area contributed by atoms with Crippen LogP contribution in [0.15, 0.2) is 107 Å². The van der Waals surface area contributed by atoms with Gasteiger partial charge < -0.3 is 0 Å². The molecule has 0 saturated carbocycles. The molecule has 5 rings (SSSR count). The second kappa shape index (κ2) is 11.8. The second-order valence-corrected chi connectivity index (χ2v) is 18.3. The van der Waals surface area contributed by atoms with E-state index in [0.717, 1.165) is 0 Å². The predicted molar refractivity (Wildman–Crippen MR) is 164 cm³/mol. The molecule has 3 aromatic carbocycles. The Morgan fingerprint density at radius 3 is 2.02 bits per heavy atom. The average Bonchev–Trinajstić information content (AvgIpc) is 3.34. The van der Waals surface area contributed by atoms with E-state index in [4.69, 9.17) is 9.16 Å². The minimum absolute atomic E-state index is 0.107. The van der Waals surface area contributed by atoms with E-state index < -0.39 is 20.2 Å². The van der Waals surface area contributed by atoms with E-state index >= 15 is 0 Å². The average molecular weight is 620 g/mol. The van der Waals surface area contributed by atoms with E-state index in [-0.39, 0.29) is 36.5 Å². The van der Waals surface area contributed by atoms with Gasteiger partial charge in [-0.25, -0.2) is 0 Å². The van der Waals surface area contributed by atoms with Crippen LogP contribution in [0.1, 0.15) is 39.0 Å². The summed E-state index contributed by atoms with van der Waals surface area (Å²) in [7, 11) is -2.76. The number of H-pyrrole nitrogens is 1. The van der Waals surface area contributed by atoms with Gasteiger partial charge >= 0.3 is 243 Å². The number of benzene rings is 3. The van der Waals surface area contributed by atoms with Crippen LogP contribution in [0.25, 0.3) is 0 Å². The standard InChI is InChI=1S/C32H36N2O4SeSi/c1-23-21-34(31(36)33-30(23)35)29-20-28(39-24-14-8-5-9-15-24)27(38-29)22-37-40(32(2,3)4,25-16-10-6-11-17-25)26-18-12-7-13-19-26/h5-19,21,27-29H,20,22H2,1-4H3,(H,33,35,36)/t27-,28+,29-/m1/s1. The van der Waals surface area contributed by atoms with Gasteiger partial charge in [-0.1, -0.05) is 0 Å². The molecule has 0 radical (unpaired) electrons. The molecule has 1 aromatic heterocycles. The first-order valence-corrected chi connectivity index (χ1v) is 17.4. The fraction of sp³-hybridized carbons (Fsp3) is 0.312. The molecule has 0 aliphatic carbocycles. The Bertz CT molecular complexity index is 1500. The van der Waals surface area contributed by atoms with Crippen molar-refractivity contribution in [1.82, 2.24) is 9.55 Å². The molecule has 6 nitrogen and oxygen atoms in total. The van der Waals surface area contributed by atoms with E-state index in [1.165, 1.54) is 19.4 Å². The Morgan fingerprint density at radius 2 is 1.48 bits per heavy atom. The zero-order chi connectivity index (χ0) is 28.3. The first-order valence-electron chi connectivity index (χ1n) is 13.6. The van der Waals surface area contributed by atoms with Gasteiger partial charge in [-0.05, 0) is 0 Å². The summed E-state index contributed by atoms with van der Waals surface area (Å²) in [5, 5.41) is 2.29. The molecular weight excluding hydrogens is 583 g/mol. The first kappa shape index (κ1) is 28.5. The first-order chi connectivity index (χ1) is 19.2. The molecule has 3 atom stereocenters. The summed E-state index contributed by atoms with van der Waals surface area (Å²) in [6.07, 6.45) is 1.62. The Labute approximate surface area is 242 Å². The minimum atomic E-state index is -2.76. The summed E-state index contributed by atoms with van der Waals surface area (Å²) in [6.45, 7) is 8.93. The third-order valence-corrected chi connectivity index (χ3v) is 15.4. The zero-order valence-electron chi connectivity index (χ0n) is 23.4. The Hall–Kier alpha value is -3.00. The van der Waals surface area contributed by atoms with E-state index in [0.29, 0.717) is 18.6 Å². The number of aromatic nitrogens is 2. The van der Waals surface area contributed by atoms with Crippen molar-refractivity contribution in [2.45, 2.75) is 56.3 Å².